The number of carbonyl (C=O) groups excluding carboxylic acids is 6. The molecule has 21 nitrogen and oxygen atoms in total. The fourth-order valence-electron chi connectivity index (χ4n) is 10.2. The Morgan fingerprint density at radius 3 is 1.26 bits per heavy atom. The van der Waals surface area contributed by atoms with E-state index in [0.717, 1.165) is 11.1 Å². The Morgan fingerprint density at radius 2 is 0.846 bits per heavy atom. The Hall–Kier alpha value is -10.6. The van der Waals surface area contributed by atoms with Crippen LogP contribution in [0.3, 0.4) is 0 Å². The molecule has 474 valence electrons. The summed E-state index contributed by atoms with van der Waals surface area (Å²) >= 11 is 0. The van der Waals surface area contributed by atoms with E-state index in [1.807, 2.05) is 54.6 Å². The third kappa shape index (κ3) is 16.0. The number of aromatic nitrogens is 1. The van der Waals surface area contributed by atoms with Crippen molar-refractivity contribution in [2.45, 2.75) is 117 Å². The van der Waals surface area contributed by atoms with Crippen LogP contribution in [-0.2, 0) is 47.9 Å². The normalized spacial score (nSPS) is 12.7. The molecule has 9 rings (SSSR count). The molecule has 0 spiro atoms. The van der Waals surface area contributed by atoms with E-state index in [9.17, 15) is 33.6 Å². The summed E-state index contributed by atoms with van der Waals surface area (Å²) in [6.45, 7) is 15.3. The minimum atomic E-state index is -1.26. The van der Waals surface area contributed by atoms with E-state index in [-0.39, 0.29) is 64.9 Å². The van der Waals surface area contributed by atoms with Crippen molar-refractivity contribution in [3.8, 4) is 45.6 Å². The van der Waals surface area contributed by atoms with Crippen molar-refractivity contribution in [2.24, 2.45) is 0 Å². The standard InChI is InChI=1S/C70H72N4O17/c1-68(2,3)89-65(79)71-47(32-40-22-16-13-17-23-40)61(75)85-50-29-28-44(36-52(50)82-10)57-58-46-38-54(84-12)56(88-63(77)49(34-42-26-20-15-21-27-42)73-67(81)91-70(7,8)9)39-51(46)86-64(78)60(58)74-31-30-43-35-55(53(83-11)37-45(43)59(57)74)87-62(76)48(33-41-24-18-14-19-25-41)72-66(80)90-69(4,5)6/h13-31,35-39,47-49H,32-34H2,1-12H3,(H,71,79)(H,72,80)(H,73,81)/t47-,48-,49-/m0/s1. The van der Waals surface area contributed by atoms with Crippen LogP contribution >= 0.6 is 0 Å². The number of nitrogens with zero attached hydrogens (tertiary/aromatic N) is 1. The summed E-state index contributed by atoms with van der Waals surface area (Å²) in [7, 11) is 4.14. The summed E-state index contributed by atoms with van der Waals surface area (Å²) in [5, 5.41) is 9.55. The quantitative estimate of drug-likeness (QED) is 0.0294. The number of esters is 3. The third-order valence-electron chi connectivity index (χ3n) is 14.0. The second-order valence-electron chi connectivity index (χ2n) is 24.4. The molecule has 0 aliphatic rings. The van der Waals surface area contributed by atoms with Crippen LogP contribution in [0.5, 0.6) is 34.5 Å². The van der Waals surface area contributed by atoms with Gasteiger partial charge in [0.1, 0.15) is 46.0 Å². The highest BCUT2D eigenvalue weighted by molar-refractivity contribution is 6.22. The van der Waals surface area contributed by atoms with E-state index in [2.05, 4.69) is 16.0 Å². The average Bonchev–Trinajstić information content (AvgIpc) is 1.56. The van der Waals surface area contributed by atoms with Crippen molar-refractivity contribution in [1.29, 1.82) is 0 Å². The maximum absolute atomic E-state index is 14.9. The lowest BCUT2D eigenvalue weighted by Gasteiger charge is -2.23. The Bertz CT molecular complexity index is 4260. The van der Waals surface area contributed by atoms with Gasteiger partial charge in [-0.05, 0) is 126 Å². The number of ether oxygens (including phenoxy) is 9. The maximum atomic E-state index is 14.9. The topological polar surface area (TPSA) is 256 Å². The lowest BCUT2D eigenvalue weighted by Crippen LogP contribution is -2.46. The molecule has 0 fully saturated rings. The second-order valence-corrected chi connectivity index (χ2v) is 24.4. The minimum absolute atomic E-state index is 0.00490. The van der Waals surface area contributed by atoms with Crippen LogP contribution in [0, 0.1) is 0 Å². The summed E-state index contributed by atoms with van der Waals surface area (Å²) in [6, 6.07) is 36.0. The molecule has 3 heterocycles. The van der Waals surface area contributed by atoms with Crippen molar-refractivity contribution in [3.05, 3.63) is 173 Å². The van der Waals surface area contributed by atoms with Gasteiger partial charge in [0.25, 0.3) is 0 Å². The van der Waals surface area contributed by atoms with Crippen LogP contribution in [0.1, 0.15) is 79.0 Å². The van der Waals surface area contributed by atoms with Crippen LogP contribution in [0.4, 0.5) is 14.4 Å². The van der Waals surface area contributed by atoms with Crippen molar-refractivity contribution in [1.82, 2.24) is 20.4 Å². The molecular formula is C70H72N4O17. The first kappa shape index (κ1) is 64.9. The Morgan fingerprint density at radius 1 is 0.451 bits per heavy atom. The largest absolute Gasteiger partial charge is 0.493 e. The van der Waals surface area contributed by atoms with E-state index < -0.39 is 76.7 Å². The van der Waals surface area contributed by atoms with Crippen LogP contribution < -0.4 is 50.0 Å². The first-order chi connectivity index (χ1) is 43.2. The number of amides is 3. The van der Waals surface area contributed by atoms with Crippen LogP contribution in [0.2, 0.25) is 0 Å². The summed E-state index contributed by atoms with van der Waals surface area (Å²) in [6.07, 6.45) is -0.755. The minimum Gasteiger partial charge on any atom is -0.493 e. The van der Waals surface area contributed by atoms with Gasteiger partial charge >= 0.3 is 41.8 Å². The van der Waals surface area contributed by atoms with E-state index in [0.29, 0.717) is 43.8 Å². The molecule has 3 N–H and O–H groups in total. The first-order valence-electron chi connectivity index (χ1n) is 29.2. The number of hydrogen-bond donors (Lipinski definition) is 3. The van der Waals surface area contributed by atoms with Crippen LogP contribution in [-0.4, -0.2) is 96.8 Å². The molecule has 0 radical (unpaired) electrons. The van der Waals surface area contributed by atoms with Gasteiger partial charge in [-0.1, -0.05) is 97.1 Å². The second kappa shape index (κ2) is 27.0. The molecule has 3 atom stereocenters. The average molecular weight is 1240 g/mol. The molecule has 0 unspecified atom stereocenters. The molecule has 0 saturated carbocycles. The zero-order chi connectivity index (χ0) is 65.5. The van der Waals surface area contributed by atoms with Crippen molar-refractivity contribution >= 4 is 74.3 Å². The summed E-state index contributed by atoms with van der Waals surface area (Å²) in [4.78, 5) is 97.4. The van der Waals surface area contributed by atoms with Gasteiger partial charge < -0.3 is 67.4 Å². The van der Waals surface area contributed by atoms with Gasteiger partial charge in [0.15, 0.2) is 34.5 Å². The number of fused-ring (bicyclic) bond motifs is 7. The molecule has 3 amide bonds. The molecule has 3 aromatic heterocycles. The number of rotatable bonds is 19. The monoisotopic (exact) mass is 1240 g/mol. The lowest BCUT2D eigenvalue weighted by molar-refractivity contribution is -0.137. The maximum Gasteiger partial charge on any atom is 0.408 e. The highest BCUT2D eigenvalue weighted by atomic mass is 16.6. The van der Waals surface area contributed by atoms with Crippen molar-refractivity contribution in [3.63, 3.8) is 0 Å². The molecule has 91 heavy (non-hydrogen) atoms. The number of pyridine rings is 1. The summed E-state index contributed by atoms with van der Waals surface area (Å²) in [5.74, 6) is -2.54. The highest BCUT2D eigenvalue weighted by Crippen LogP contribution is 2.47. The third-order valence-corrected chi connectivity index (χ3v) is 14.0. The van der Waals surface area contributed by atoms with Crippen LogP contribution in [0.15, 0.2) is 155 Å². The lowest BCUT2D eigenvalue weighted by atomic mass is 9.97. The van der Waals surface area contributed by atoms with Gasteiger partial charge in [0, 0.05) is 53.2 Å². The van der Waals surface area contributed by atoms with Crippen LogP contribution in [0.25, 0.3) is 49.3 Å². The van der Waals surface area contributed by atoms with E-state index in [1.54, 1.807) is 146 Å². The smallest absolute Gasteiger partial charge is 0.408 e. The van der Waals surface area contributed by atoms with Gasteiger partial charge in [0.2, 0.25) is 0 Å². The number of nitrogens with one attached hydrogen (secondary N) is 3. The van der Waals surface area contributed by atoms with Crippen molar-refractivity contribution in [2.75, 3.05) is 21.3 Å². The number of benzene rings is 6. The van der Waals surface area contributed by atoms with Gasteiger partial charge in [-0.3, -0.25) is 0 Å². The van der Waals surface area contributed by atoms with Crippen molar-refractivity contribution < 1.29 is 75.8 Å². The molecule has 0 aliphatic heterocycles. The SMILES string of the molecule is COc1cc(-c2c3c4cc(OC)c(OC(=O)[C@H](Cc5ccccc5)NC(=O)OC(C)(C)C)cc4oc(=O)c3n3ccc4cc(OC(=O)[C@H](Cc5ccccc5)NC(=O)OC(C)(C)C)c(OC)cc4c23)ccc1OC(=O)[C@H](Cc1ccccc1)NC(=O)OC(C)(C)C. The van der Waals surface area contributed by atoms with E-state index in [1.165, 1.54) is 33.5 Å². The van der Waals surface area contributed by atoms with E-state index in [4.69, 9.17) is 47.0 Å². The fourth-order valence-corrected chi connectivity index (χ4v) is 10.2. The summed E-state index contributed by atoms with van der Waals surface area (Å²) in [5.41, 5.74) is -0.0672. The Kier molecular flexibility index (Phi) is 19.3. The molecular weight excluding hydrogens is 1170 g/mol. The summed E-state index contributed by atoms with van der Waals surface area (Å²) < 4.78 is 60.4. The Balaban J connectivity index is 1.20. The predicted molar refractivity (Wildman–Crippen MR) is 340 cm³/mol. The highest BCUT2D eigenvalue weighted by Gasteiger charge is 2.33. The number of methoxy groups -OCH3 is 3. The fraction of sp³-hybridized carbons (Fsp3) is 0.300. The molecule has 9 aromatic rings. The molecule has 21 heteroatoms. The predicted octanol–water partition coefficient (Wildman–Crippen LogP) is 12.2. The van der Waals surface area contributed by atoms with Gasteiger partial charge in [0.05, 0.1) is 26.8 Å². The van der Waals surface area contributed by atoms with Gasteiger partial charge in [-0.15, -0.1) is 0 Å². The zero-order valence-electron chi connectivity index (χ0n) is 52.6. The first-order valence-corrected chi connectivity index (χ1v) is 29.2. The molecule has 0 bridgehead atoms. The molecule has 0 saturated heterocycles. The number of alkyl carbamates (subject to hydrolysis) is 3. The zero-order valence-corrected chi connectivity index (χ0v) is 52.6. The van der Waals surface area contributed by atoms with E-state index >= 15 is 0 Å². The van der Waals surface area contributed by atoms with Gasteiger partial charge in [-0.25, -0.2) is 33.6 Å². The number of hydrogen-bond acceptors (Lipinski definition) is 17. The molecule has 0 aliphatic carbocycles. The number of carbonyl (C=O) groups is 6. The van der Waals surface area contributed by atoms with Gasteiger partial charge in [-0.2, -0.15) is 0 Å². The Labute approximate surface area is 524 Å². The molecule has 6 aromatic carbocycles.